The maximum Gasteiger partial charge on any atom is 0.139 e. The minimum atomic E-state index is 0.753. The number of aromatic amines is 1. The number of aromatic nitrogens is 2. The average molecular weight is 233 g/mol. The number of fused-ring (bicyclic) bond motifs is 1. The minimum absolute atomic E-state index is 0.753. The summed E-state index contributed by atoms with van der Waals surface area (Å²) in [4.78, 5) is 7.02. The number of piperidine rings is 1. The smallest absolute Gasteiger partial charge is 0.139 e. The lowest BCUT2D eigenvalue weighted by atomic mass is 10.2. The number of nitrogens with two attached hydrogens (primary N) is 2. The summed E-state index contributed by atoms with van der Waals surface area (Å²) in [5, 5.41) is 2.88. The van der Waals surface area contributed by atoms with Crippen LogP contribution in [-0.2, 0) is 0 Å². The Morgan fingerprint density at radius 1 is 1.24 bits per heavy atom. The molecule has 5 N–H and O–H groups in total. The maximum atomic E-state index is 5.60. The molecule has 3 rings (SSSR count). The first-order valence-electron chi connectivity index (χ1n) is 5.94. The van der Waals surface area contributed by atoms with Crippen molar-refractivity contribution in [3.63, 3.8) is 0 Å². The molecule has 0 amide bonds. The van der Waals surface area contributed by atoms with Crippen LogP contribution in [0.4, 0.5) is 5.69 Å². The molecule has 1 aliphatic rings. The number of rotatable bonds is 0. The Hall–Kier alpha value is -1.59. The molecule has 0 unspecified atom stereocenters. The molecular formula is C12H19N5. The second-order valence-electron chi connectivity index (χ2n) is 4.24. The van der Waals surface area contributed by atoms with E-state index in [2.05, 4.69) is 9.97 Å². The van der Waals surface area contributed by atoms with Gasteiger partial charge in [0.25, 0.3) is 0 Å². The second-order valence-corrected chi connectivity index (χ2v) is 4.24. The van der Waals surface area contributed by atoms with E-state index in [9.17, 15) is 0 Å². The summed E-state index contributed by atoms with van der Waals surface area (Å²) in [7, 11) is 0. The summed E-state index contributed by atoms with van der Waals surface area (Å²) in [6.45, 7) is 2.19. The van der Waals surface area contributed by atoms with Crippen LogP contribution in [0.5, 0.6) is 0 Å². The van der Waals surface area contributed by atoms with E-state index >= 15 is 0 Å². The highest BCUT2D eigenvalue weighted by molar-refractivity contribution is 5.88. The highest BCUT2D eigenvalue weighted by Crippen LogP contribution is 2.16. The van der Waals surface area contributed by atoms with Crippen molar-refractivity contribution in [1.82, 2.24) is 15.0 Å². The molecule has 5 nitrogen and oxygen atoms in total. The van der Waals surface area contributed by atoms with E-state index in [1.54, 1.807) is 12.4 Å². The average Bonchev–Trinajstić information content (AvgIpc) is 2.74. The lowest BCUT2D eigenvalue weighted by molar-refractivity contribution is 0.235. The van der Waals surface area contributed by atoms with E-state index in [0.717, 1.165) is 29.8 Å². The quantitative estimate of drug-likeness (QED) is 0.602. The number of anilines is 1. The molecular weight excluding hydrogens is 214 g/mol. The van der Waals surface area contributed by atoms with Crippen LogP contribution in [0.1, 0.15) is 19.3 Å². The number of hydrazine groups is 1. The third-order valence-corrected chi connectivity index (χ3v) is 2.87. The van der Waals surface area contributed by atoms with Crippen LogP contribution in [0.3, 0.4) is 0 Å². The van der Waals surface area contributed by atoms with Gasteiger partial charge in [0, 0.05) is 30.9 Å². The predicted octanol–water partition coefficient (Wildman–Crippen LogP) is 1.49. The van der Waals surface area contributed by atoms with Gasteiger partial charge in [-0.15, -0.1) is 0 Å². The number of H-pyrrole nitrogens is 1. The fourth-order valence-corrected chi connectivity index (χ4v) is 1.90. The molecule has 1 saturated heterocycles. The number of pyridine rings is 1. The van der Waals surface area contributed by atoms with Gasteiger partial charge in [0.15, 0.2) is 0 Å². The van der Waals surface area contributed by atoms with E-state index in [1.165, 1.54) is 19.3 Å². The highest BCUT2D eigenvalue weighted by Gasteiger charge is 2.02. The number of nitrogen functional groups attached to an aromatic ring is 1. The molecule has 0 bridgehead atoms. The number of nitrogens with one attached hydrogen (secondary N) is 1. The van der Waals surface area contributed by atoms with Gasteiger partial charge >= 0.3 is 0 Å². The Morgan fingerprint density at radius 3 is 2.59 bits per heavy atom. The van der Waals surface area contributed by atoms with E-state index in [0.29, 0.717) is 0 Å². The lowest BCUT2D eigenvalue weighted by Crippen LogP contribution is -2.35. The van der Waals surface area contributed by atoms with Crippen molar-refractivity contribution >= 4 is 16.7 Å². The third kappa shape index (κ3) is 3.18. The molecule has 2 aromatic rings. The molecule has 0 spiro atoms. The first kappa shape index (κ1) is 11.9. The van der Waals surface area contributed by atoms with Gasteiger partial charge < -0.3 is 10.7 Å². The summed E-state index contributed by atoms with van der Waals surface area (Å²) in [5.41, 5.74) is 7.21. The van der Waals surface area contributed by atoms with Gasteiger partial charge in [0.1, 0.15) is 5.65 Å². The molecule has 1 aliphatic heterocycles. The zero-order valence-corrected chi connectivity index (χ0v) is 9.89. The van der Waals surface area contributed by atoms with E-state index in [1.807, 2.05) is 17.1 Å². The molecule has 2 aromatic heterocycles. The van der Waals surface area contributed by atoms with Crippen molar-refractivity contribution in [3.05, 3.63) is 24.5 Å². The summed E-state index contributed by atoms with van der Waals surface area (Å²) >= 11 is 0. The van der Waals surface area contributed by atoms with Gasteiger partial charge in [-0.25, -0.2) is 9.99 Å². The first-order chi connectivity index (χ1) is 8.27. The zero-order chi connectivity index (χ0) is 12.1. The van der Waals surface area contributed by atoms with E-state index in [-0.39, 0.29) is 0 Å². The van der Waals surface area contributed by atoms with Crippen molar-refractivity contribution in [1.29, 1.82) is 0 Å². The van der Waals surface area contributed by atoms with Gasteiger partial charge in [-0.1, -0.05) is 6.42 Å². The number of nitrogens with zero attached hydrogens (tertiary/aromatic N) is 2. The van der Waals surface area contributed by atoms with Gasteiger partial charge in [-0.3, -0.25) is 5.84 Å². The molecule has 0 aliphatic carbocycles. The Labute approximate surface area is 101 Å². The lowest BCUT2D eigenvalue weighted by Gasteiger charge is -2.20. The number of hydrogen-bond donors (Lipinski definition) is 3. The van der Waals surface area contributed by atoms with Gasteiger partial charge in [-0.2, -0.15) is 0 Å². The summed E-state index contributed by atoms with van der Waals surface area (Å²) in [6, 6.07) is 3.81. The summed E-state index contributed by atoms with van der Waals surface area (Å²) in [5.74, 6) is 5.47. The van der Waals surface area contributed by atoms with Gasteiger partial charge in [0.05, 0.1) is 5.69 Å². The highest BCUT2D eigenvalue weighted by atomic mass is 15.4. The molecule has 17 heavy (non-hydrogen) atoms. The molecule has 92 valence electrons. The van der Waals surface area contributed by atoms with Crippen molar-refractivity contribution in [2.75, 3.05) is 18.8 Å². The molecule has 0 atom stereocenters. The minimum Gasteiger partial charge on any atom is -0.397 e. The van der Waals surface area contributed by atoms with Crippen LogP contribution < -0.4 is 11.6 Å². The first-order valence-corrected chi connectivity index (χ1v) is 5.94. The van der Waals surface area contributed by atoms with Crippen LogP contribution in [0, 0.1) is 0 Å². The van der Waals surface area contributed by atoms with E-state index < -0.39 is 0 Å². The fourth-order valence-electron chi connectivity index (χ4n) is 1.90. The SMILES string of the molecule is NN1CCCCC1.Nc1c[nH]c2ncccc12. The van der Waals surface area contributed by atoms with Crippen LogP contribution in [0.25, 0.3) is 11.0 Å². The van der Waals surface area contributed by atoms with Gasteiger partial charge in [-0.05, 0) is 25.0 Å². The molecule has 0 saturated carbocycles. The fraction of sp³-hybridized carbons (Fsp3) is 0.417. The summed E-state index contributed by atoms with van der Waals surface area (Å²) in [6.07, 6.45) is 7.43. The molecule has 5 heteroatoms. The third-order valence-electron chi connectivity index (χ3n) is 2.87. The Balaban J connectivity index is 0.000000136. The normalized spacial score (nSPS) is 16.5. The second kappa shape index (κ2) is 5.65. The van der Waals surface area contributed by atoms with Crippen LogP contribution in [0.15, 0.2) is 24.5 Å². The molecule has 1 fully saturated rings. The van der Waals surface area contributed by atoms with Crippen LogP contribution in [0.2, 0.25) is 0 Å². The Morgan fingerprint density at radius 2 is 2.00 bits per heavy atom. The standard InChI is InChI=1S/C7H7N3.C5H12N2/c8-6-4-10-7-5(6)2-1-3-9-7;6-7-4-2-1-3-5-7/h1-4H,8H2,(H,9,10);1-6H2. The Kier molecular flexibility index (Phi) is 3.95. The summed E-state index contributed by atoms with van der Waals surface area (Å²) < 4.78 is 0. The zero-order valence-electron chi connectivity index (χ0n) is 9.89. The monoisotopic (exact) mass is 233 g/mol. The predicted molar refractivity (Wildman–Crippen MR) is 70.1 cm³/mol. The van der Waals surface area contributed by atoms with Crippen LogP contribution in [-0.4, -0.2) is 28.1 Å². The van der Waals surface area contributed by atoms with Crippen molar-refractivity contribution in [2.45, 2.75) is 19.3 Å². The largest absolute Gasteiger partial charge is 0.397 e. The van der Waals surface area contributed by atoms with Gasteiger partial charge in [0.2, 0.25) is 0 Å². The van der Waals surface area contributed by atoms with Crippen LogP contribution >= 0.6 is 0 Å². The number of hydrogen-bond acceptors (Lipinski definition) is 4. The van der Waals surface area contributed by atoms with Crippen molar-refractivity contribution in [2.24, 2.45) is 5.84 Å². The van der Waals surface area contributed by atoms with E-state index in [4.69, 9.17) is 11.6 Å². The molecule has 0 aromatic carbocycles. The molecule has 0 radical (unpaired) electrons. The Bertz CT molecular complexity index is 459. The molecule has 3 heterocycles. The maximum absolute atomic E-state index is 5.60. The topological polar surface area (TPSA) is 84.0 Å². The van der Waals surface area contributed by atoms with Crippen molar-refractivity contribution in [3.8, 4) is 0 Å². The van der Waals surface area contributed by atoms with Crippen molar-refractivity contribution < 1.29 is 0 Å².